The molecule has 1 aromatic carbocycles. The maximum atomic E-state index is 12.7. The molecule has 0 aliphatic rings. The summed E-state index contributed by atoms with van der Waals surface area (Å²) in [5.41, 5.74) is 0.596. The summed E-state index contributed by atoms with van der Waals surface area (Å²) in [6, 6.07) is 4.21. The van der Waals surface area contributed by atoms with Crippen LogP contribution in [-0.2, 0) is 0 Å². The topological polar surface area (TPSA) is 20.2 Å². The third kappa shape index (κ3) is 2.78. The minimum absolute atomic E-state index is 0.0904. The van der Waals surface area contributed by atoms with Gasteiger partial charge in [0.25, 0.3) is 0 Å². The fourth-order valence-electron chi connectivity index (χ4n) is 1.56. The molecule has 0 heterocycles. The maximum Gasteiger partial charge on any atom is 0.396 e. The molecule has 0 fully saturated rings. The van der Waals surface area contributed by atoms with E-state index in [-0.39, 0.29) is 17.7 Å². The van der Waals surface area contributed by atoms with Gasteiger partial charge in [-0.2, -0.15) is 13.2 Å². The van der Waals surface area contributed by atoms with Crippen molar-refractivity contribution in [3.8, 4) is 5.75 Å². The second-order valence-electron chi connectivity index (χ2n) is 3.68. The van der Waals surface area contributed by atoms with Crippen LogP contribution in [0.25, 0.3) is 0 Å². The van der Waals surface area contributed by atoms with E-state index in [1.165, 1.54) is 18.2 Å². The van der Waals surface area contributed by atoms with Gasteiger partial charge in [-0.3, -0.25) is 0 Å². The van der Waals surface area contributed by atoms with Gasteiger partial charge in [0.05, 0.1) is 5.92 Å². The molecule has 1 rings (SSSR count). The molecule has 0 radical (unpaired) electrons. The van der Waals surface area contributed by atoms with Crippen LogP contribution in [-0.4, -0.2) is 11.3 Å². The maximum absolute atomic E-state index is 12.7. The largest absolute Gasteiger partial charge is 0.508 e. The number of halogens is 3. The van der Waals surface area contributed by atoms with Crippen LogP contribution in [0.4, 0.5) is 13.2 Å². The van der Waals surface area contributed by atoms with Crippen molar-refractivity contribution < 1.29 is 18.3 Å². The first-order chi connectivity index (χ1) is 7.36. The fourth-order valence-corrected chi connectivity index (χ4v) is 1.56. The average molecular weight is 230 g/mol. The molecule has 1 N–H and O–H groups in total. The predicted octanol–water partition coefficient (Wildman–Crippen LogP) is 3.92. The highest BCUT2D eigenvalue weighted by molar-refractivity contribution is 5.39. The number of phenols is 1. The van der Waals surface area contributed by atoms with Gasteiger partial charge in [-0.15, -0.1) is 6.58 Å². The minimum Gasteiger partial charge on any atom is -0.508 e. The summed E-state index contributed by atoms with van der Waals surface area (Å²) < 4.78 is 38.2. The van der Waals surface area contributed by atoms with Gasteiger partial charge in [0.15, 0.2) is 0 Å². The zero-order valence-corrected chi connectivity index (χ0v) is 8.88. The molecule has 0 aromatic heterocycles. The van der Waals surface area contributed by atoms with E-state index in [1.807, 2.05) is 0 Å². The van der Waals surface area contributed by atoms with Gasteiger partial charge in [-0.25, -0.2) is 0 Å². The lowest BCUT2D eigenvalue weighted by molar-refractivity contribution is -0.150. The summed E-state index contributed by atoms with van der Waals surface area (Å²) in [6.07, 6.45) is -3.40. The first kappa shape index (κ1) is 12.6. The number of aryl methyl sites for hydroxylation is 1. The summed E-state index contributed by atoms with van der Waals surface area (Å²) in [5, 5.41) is 9.46. The van der Waals surface area contributed by atoms with Gasteiger partial charge in [-0.05, 0) is 19.4 Å². The molecular weight excluding hydrogens is 217 g/mol. The number of phenolic OH excluding ortho intramolecular Hbond substituents is 1. The molecule has 1 atom stereocenters. The Bertz CT molecular complexity index is 382. The minimum atomic E-state index is -4.38. The molecule has 16 heavy (non-hydrogen) atoms. The number of hydrogen-bond donors (Lipinski definition) is 1. The molecule has 0 aliphatic heterocycles. The highest BCUT2D eigenvalue weighted by Gasteiger charge is 2.40. The molecule has 0 saturated heterocycles. The van der Waals surface area contributed by atoms with Crippen molar-refractivity contribution in [2.75, 3.05) is 0 Å². The molecular formula is C12H13F3O. The zero-order chi connectivity index (χ0) is 12.3. The lowest BCUT2D eigenvalue weighted by Gasteiger charge is -2.20. The number of hydrogen-bond acceptors (Lipinski definition) is 1. The number of alkyl halides is 3. The molecule has 0 saturated carbocycles. The summed E-state index contributed by atoms with van der Waals surface area (Å²) in [6.45, 7) is 4.99. The van der Waals surface area contributed by atoms with Gasteiger partial charge < -0.3 is 5.11 Å². The summed E-state index contributed by atoms with van der Waals surface area (Å²) in [4.78, 5) is 0. The third-order valence-corrected chi connectivity index (χ3v) is 2.36. The second kappa shape index (κ2) is 4.60. The summed E-state index contributed by atoms with van der Waals surface area (Å²) >= 11 is 0. The Balaban J connectivity index is 3.20. The van der Waals surface area contributed by atoms with E-state index in [2.05, 4.69) is 6.58 Å². The van der Waals surface area contributed by atoms with Gasteiger partial charge in [-0.1, -0.05) is 23.8 Å². The van der Waals surface area contributed by atoms with E-state index in [9.17, 15) is 18.3 Å². The van der Waals surface area contributed by atoms with E-state index in [1.54, 1.807) is 13.0 Å². The first-order valence-corrected chi connectivity index (χ1v) is 4.83. The molecule has 1 nitrogen and oxygen atoms in total. The number of rotatable bonds is 3. The van der Waals surface area contributed by atoms with Crippen LogP contribution < -0.4 is 0 Å². The van der Waals surface area contributed by atoms with Gasteiger partial charge in [0.1, 0.15) is 5.75 Å². The van der Waals surface area contributed by atoms with Crippen molar-refractivity contribution in [1.82, 2.24) is 0 Å². The molecule has 4 heteroatoms. The molecule has 0 bridgehead atoms. The lowest BCUT2D eigenvalue weighted by atomic mass is 9.93. The van der Waals surface area contributed by atoms with Crippen molar-refractivity contribution in [2.24, 2.45) is 0 Å². The quantitative estimate of drug-likeness (QED) is 0.780. The van der Waals surface area contributed by atoms with Gasteiger partial charge in [0, 0.05) is 5.56 Å². The number of allylic oxidation sites excluding steroid dienone is 1. The third-order valence-electron chi connectivity index (χ3n) is 2.36. The number of aromatic hydroxyl groups is 1. The van der Waals surface area contributed by atoms with Crippen LogP contribution in [0, 0.1) is 6.92 Å². The first-order valence-electron chi connectivity index (χ1n) is 4.83. The normalized spacial score (nSPS) is 13.5. The predicted molar refractivity (Wildman–Crippen MR) is 56.5 cm³/mol. The highest BCUT2D eigenvalue weighted by atomic mass is 19.4. The Labute approximate surface area is 92.2 Å². The van der Waals surface area contributed by atoms with Crippen molar-refractivity contribution >= 4 is 0 Å². The van der Waals surface area contributed by atoms with E-state index in [4.69, 9.17) is 0 Å². The Hall–Kier alpha value is -1.45. The second-order valence-corrected chi connectivity index (χ2v) is 3.68. The smallest absolute Gasteiger partial charge is 0.396 e. The summed E-state index contributed by atoms with van der Waals surface area (Å²) in [7, 11) is 0. The van der Waals surface area contributed by atoms with Crippen molar-refractivity contribution in [3.05, 3.63) is 42.0 Å². The summed E-state index contributed by atoms with van der Waals surface area (Å²) in [5.74, 6) is -2.01. The van der Waals surface area contributed by atoms with Gasteiger partial charge >= 0.3 is 6.18 Å². The van der Waals surface area contributed by atoms with E-state index in [0.717, 1.165) is 0 Å². The molecule has 0 spiro atoms. The van der Waals surface area contributed by atoms with Crippen LogP contribution in [0.5, 0.6) is 5.75 Å². The molecule has 1 unspecified atom stereocenters. The van der Waals surface area contributed by atoms with E-state index < -0.39 is 12.1 Å². The Kier molecular flexibility index (Phi) is 3.62. The van der Waals surface area contributed by atoms with Crippen LogP contribution in [0.2, 0.25) is 0 Å². The van der Waals surface area contributed by atoms with E-state index >= 15 is 0 Å². The van der Waals surface area contributed by atoms with Gasteiger partial charge in [0.2, 0.25) is 0 Å². The molecule has 0 aliphatic carbocycles. The standard InChI is InChI=1S/C12H13F3O/c1-3-4-10(12(13,14)15)9-7-8(2)5-6-11(9)16/h3,5-7,10,16H,1,4H2,2H3. The zero-order valence-electron chi connectivity index (χ0n) is 8.88. The highest BCUT2D eigenvalue weighted by Crippen LogP contribution is 2.41. The monoisotopic (exact) mass is 230 g/mol. The molecule has 1 aromatic rings. The van der Waals surface area contributed by atoms with Crippen molar-refractivity contribution in [2.45, 2.75) is 25.4 Å². The van der Waals surface area contributed by atoms with Crippen LogP contribution in [0.1, 0.15) is 23.5 Å². The Morgan fingerprint density at radius 1 is 1.44 bits per heavy atom. The van der Waals surface area contributed by atoms with E-state index in [0.29, 0.717) is 5.56 Å². The fraction of sp³-hybridized carbons (Fsp3) is 0.333. The van der Waals surface area contributed by atoms with Crippen LogP contribution in [0.3, 0.4) is 0 Å². The average Bonchev–Trinajstić information content (AvgIpc) is 2.17. The lowest BCUT2D eigenvalue weighted by Crippen LogP contribution is -2.20. The molecule has 0 amide bonds. The van der Waals surface area contributed by atoms with Crippen molar-refractivity contribution in [1.29, 1.82) is 0 Å². The van der Waals surface area contributed by atoms with Crippen LogP contribution >= 0.6 is 0 Å². The van der Waals surface area contributed by atoms with Crippen LogP contribution in [0.15, 0.2) is 30.9 Å². The Morgan fingerprint density at radius 2 is 2.06 bits per heavy atom. The molecule has 88 valence electrons. The SMILES string of the molecule is C=CCC(c1cc(C)ccc1O)C(F)(F)F. The number of benzene rings is 1. The van der Waals surface area contributed by atoms with Crippen molar-refractivity contribution in [3.63, 3.8) is 0 Å². The Morgan fingerprint density at radius 3 is 2.56 bits per heavy atom.